The molecule has 0 spiro atoms. The Bertz CT molecular complexity index is 594. The van der Waals surface area contributed by atoms with Gasteiger partial charge in [-0.05, 0) is 35.9 Å². The van der Waals surface area contributed by atoms with Gasteiger partial charge in [-0.2, -0.15) is 0 Å². The van der Waals surface area contributed by atoms with E-state index >= 15 is 0 Å². The molecule has 0 aromatic heterocycles. The molecule has 0 heterocycles. The predicted molar refractivity (Wildman–Crippen MR) is 69.5 cm³/mol. The number of alkyl halides is 3. The summed E-state index contributed by atoms with van der Waals surface area (Å²) in [5, 5.41) is 0. The molecule has 0 aliphatic heterocycles. The summed E-state index contributed by atoms with van der Waals surface area (Å²) in [6.07, 6.45) is -4.73. The molecule has 2 aromatic rings. The van der Waals surface area contributed by atoms with Crippen LogP contribution in [-0.2, 0) is 0 Å². The lowest BCUT2D eigenvalue weighted by Crippen LogP contribution is -2.17. The van der Waals surface area contributed by atoms with Gasteiger partial charge < -0.3 is 15.2 Å². The van der Waals surface area contributed by atoms with Crippen LogP contribution >= 0.6 is 0 Å². The van der Waals surface area contributed by atoms with E-state index in [1.807, 2.05) is 0 Å². The maximum Gasteiger partial charge on any atom is 0.573 e. The van der Waals surface area contributed by atoms with Crippen LogP contribution < -0.4 is 15.2 Å². The average molecular weight is 283 g/mol. The Kier molecular flexibility index (Phi) is 3.74. The molecule has 0 aliphatic rings. The van der Waals surface area contributed by atoms with Gasteiger partial charge in [0.05, 0.1) is 7.11 Å². The number of nitrogens with two attached hydrogens (primary N) is 1. The predicted octanol–water partition coefficient (Wildman–Crippen LogP) is 3.84. The smallest absolute Gasteiger partial charge is 0.497 e. The van der Waals surface area contributed by atoms with Gasteiger partial charge in [-0.25, -0.2) is 0 Å². The maximum atomic E-state index is 12.2. The van der Waals surface area contributed by atoms with Gasteiger partial charge >= 0.3 is 6.36 Å². The summed E-state index contributed by atoms with van der Waals surface area (Å²) in [7, 11) is 1.53. The first-order valence-electron chi connectivity index (χ1n) is 5.69. The number of hydrogen-bond acceptors (Lipinski definition) is 3. The Morgan fingerprint density at radius 2 is 1.55 bits per heavy atom. The molecule has 20 heavy (non-hydrogen) atoms. The molecule has 0 unspecified atom stereocenters. The van der Waals surface area contributed by atoms with E-state index < -0.39 is 6.36 Å². The summed E-state index contributed by atoms with van der Waals surface area (Å²) in [6, 6.07) is 10.6. The largest absolute Gasteiger partial charge is 0.573 e. The van der Waals surface area contributed by atoms with Crippen molar-refractivity contribution in [1.29, 1.82) is 0 Å². The monoisotopic (exact) mass is 283 g/mol. The van der Waals surface area contributed by atoms with Crippen LogP contribution in [-0.4, -0.2) is 13.5 Å². The summed E-state index contributed by atoms with van der Waals surface area (Å²) in [5.74, 6) is 0.340. The second-order valence-electron chi connectivity index (χ2n) is 4.03. The van der Waals surface area contributed by atoms with Gasteiger partial charge in [0.15, 0.2) is 0 Å². The Morgan fingerprint density at radius 1 is 0.950 bits per heavy atom. The minimum atomic E-state index is -4.73. The number of nitrogen functional groups attached to an aromatic ring is 1. The fraction of sp³-hybridized carbons (Fsp3) is 0.143. The molecule has 2 N–H and O–H groups in total. The molecule has 0 saturated carbocycles. The highest BCUT2D eigenvalue weighted by molar-refractivity contribution is 5.77. The topological polar surface area (TPSA) is 44.5 Å². The highest BCUT2D eigenvalue weighted by Crippen LogP contribution is 2.33. The lowest BCUT2D eigenvalue weighted by molar-refractivity contribution is -0.274. The van der Waals surface area contributed by atoms with Crippen molar-refractivity contribution in [2.75, 3.05) is 12.8 Å². The summed E-state index contributed by atoms with van der Waals surface area (Å²) < 4.78 is 45.5. The van der Waals surface area contributed by atoms with Crippen molar-refractivity contribution >= 4 is 5.69 Å². The van der Waals surface area contributed by atoms with Gasteiger partial charge in [0, 0.05) is 11.3 Å². The highest BCUT2D eigenvalue weighted by atomic mass is 19.4. The molecule has 0 amide bonds. The molecule has 0 atom stereocenters. The summed E-state index contributed by atoms with van der Waals surface area (Å²) in [5.41, 5.74) is 7.30. The highest BCUT2D eigenvalue weighted by Gasteiger charge is 2.31. The molecular weight excluding hydrogens is 271 g/mol. The van der Waals surface area contributed by atoms with Crippen LogP contribution in [0.4, 0.5) is 18.9 Å². The van der Waals surface area contributed by atoms with Gasteiger partial charge in [-0.15, -0.1) is 13.2 Å². The van der Waals surface area contributed by atoms with Crippen LogP contribution in [0.2, 0.25) is 0 Å². The lowest BCUT2D eigenvalue weighted by Gasteiger charge is -2.12. The van der Waals surface area contributed by atoms with Crippen LogP contribution in [0.15, 0.2) is 42.5 Å². The Morgan fingerprint density at radius 3 is 2.10 bits per heavy atom. The number of ether oxygens (including phenoxy) is 2. The number of hydrogen-bond donors (Lipinski definition) is 1. The number of benzene rings is 2. The third-order valence-electron chi connectivity index (χ3n) is 2.66. The molecule has 106 valence electrons. The van der Waals surface area contributed by atoms with Crippen molar-refractivity contribution in [3.8, 4) is 22.6 Å². The first-order chi connectivity index (χ1) is 9.39. The van der Waals surface area contributed by atoms with Crippen LogP contribution in [0.5, 0.6) is 11.5 Å². The number of rotatable bonds is 3. The van der Waals surface area contributed by atoms with E-state index in [1.165, 1.54) is 25.3 Å². The fourth-order valence-electron chi connectivity index (χ4n) is 1.75. The summed E-state index contributed by atoms with van der Waals surface area (Å²) in [4.78, 5) is 0. The van der Waals surface area contributed by atoms with Gasteiger partial charge in [-0.1, -0.05) is 12.1 Å². The van der Waals surface area contributed by atoms with E-state index in [0.29, 0.717) is 22.6 Å². The van der Waals surface area contributed by atoms with E-state index in [2.05, 4.69) is 4.74 Å². The zero-order chi connectivity index (χ0) is 14.8. The lowest BCUT2D eigenvalue weighted by atomic mass is 10.0. The van der Waals surface area contributed by atoms with E-state index in [1.54, 1.807) is 24.3 Å². The molecule has 0 aliphatic carbocycles. The van der Waals surface area contributed by atoms with Crippen molar-refractivity contribution in [3.05, 3.63) is 42.5 Å². The van der Waals surface area contributed by atoms with Crippen molar-refractivity contribution in [1.82, 2.24) is 0 Å². The minimum absolute atomic E-state index is 0.308. The summed E-state index contributed by atoms with van der Waals surface area (Å²) in [6.45, 7) is 0. The number of anilines is 1. The van der Waals surface area contributed by atoms with E-state index in [0.717, 1.165) is 0 Å². The van der Waals surface area contributed by atoms with Crippen molar-refractivity contribution < 1.29 is 22.6 Å². The molecule has 2 aromatic carbocycles. The van der Waals surface area contributed by atoms with Crippen LogP contribution in [0.25, 0.3) is 11.1 Å². The fourth-order valence-corrected chi connectivity index (χ4v) is 1.75. The maximum absolute atomic E-state index is 12.2. The van der Waals surface area contributed by atoms with Gasteiger partial charge in [0.25, 0.3) is 0 Å². The quantitative estimate of drug-likeness (QED) is 0.870. The Hall–Kier alpha value is -2.37. The standard InChI is InChI=1S/C14H12F3NO2/c1-19-10-4-2-9(3-5-10)12-8-11(6-7-13(12)18)20-14(15,16)17/h2-8H,18H2,1H3. The van der Waals surface area contributed by atoms with Crippen LogP contribution in [0.1, 0.15) is 0 Å². The van der Waals surface area contributed by atoms with Gasteiger partial charge in [0.2, 0.25) is 0 Å². The van der Waals surface area contributed by atoms with Crippen molar-refractivity contribution in [3.63, 3.8) is 0 Å². The first kappa shape index (κ1) is 14.0. The molecule has 0 fully saturated rings. The number of methoxy groups -OCH3 is 1. The third kappa shape index (κ3) is 3.34. The summed E-state index contributed by atoms with van der Waals surface area (Å²) >= 11 is 0. The zero-order valence-corrected chi connectivity index (χ0v) is 10.6. The second-order valence-corrected chi connectivity index (χ2v) is 4.03. The SMILES string of the molecule is COc1ccc(-c2cc(OC(F)(F)F)ccc2N)cc1. The van der Waals surface area contributed by atoms with Crippen molar-refractivity contribution in [2.24, 2.45) is 0 Å². The molecule has 2 rings (SSSR count). The third-order valence-corrected chi connectivity index (χ3v) is 2.66. The van der Waals surface area contributed by atoms with E-state index in [4.69, 9.17) is 10.5 Å². The number of halogens is 3. The molecule has 3 nitrogen and oxygen atoms in total. The molecule has 0 radical (unpaired) electrons. The van der Waals surface area contributed by atoms with Gasteiger partial charge in [-0.3, -0.25) is 0 Å². The van der Waals surface area contributed by atoms with Crippen LogP contribution in [0.3, 0.4) is 0 Å². The zero-order valence-electron chi connectivity index (χ0n) is 10.6. The Labute approximate surface area is 113 Å². The van der Waals surface area contributed by atoms with E-state index in [-0.39, 0.29) is 5.75 Å². The first-order valence-corrected chi connectivity index (χ1v) is 5.69. The van der Waals surface area contributed by atoms with Crippen molar-refractivity contribution in [2.45, 2.75) is 6.36 Å². The molecule has 0 bridgehead atoms. The molecule has 6 heteroatoms. The second kappa shape index (κ2) is 5.32. The Balaban J connectivity index is 2.36. The van der Waals surface area contributed by atoms with Crippen LogP contribution in [0, 0.1) is 0 Å². The minimum Gasteiger partial charge on any atom is -0.497 e. The molecular formula is C14H12F3NO2. The average Bonchev–Trinajstić information content (AvgIpc) is 2.40. The van der Waals surface area contributed by atoms with E-state index in [9.17, 15) is 13.2 Å². The van der Waals surface area contributed by atoms with Gasteiger partial charge in [0.1, 0.15) is 11.5 Å². The normalized spacial score (nSPS) is 11.2. The molecule has 0 saturated heterocycles.